The first-order valence-corrected chi connectivity index (χ1v) is 10.9. The second kappa shape index (κ2) is 8.53. The molecular formula is C19H20N2O3S2. The molecule has 2 aromatic carbocycles. The van der Waals surface area contributed by atoms with Crippen LogP contribution in [0.25, 0.3) is 22.8 Å². The largest absolute Gasteiger partial charge is 0.435 e. The molecule has 3 rings (SSSR count). The summed E-state index contributed by atoms with van der Waals surface area (Å²) in [6.07, 6.45) is 0. The zero-order valence-corrected chi connectivity index (χ0v) is 16.0. The standard InChI is InChI=1S/C19H20N2O3S2/c1-2-25-14-13-20-26(22,23)19-17(15-9-5-3-6-10-15)24-18(21-19)16-11-7-4-8-12-16/h3-12,20H,2,13-14H2,1H3. The molecule has 0 aliphatic carbocycles. The summed E-state index contributed by atoms with van der Waals surface area (Å²) < 4.78 is 34.1. The average molecular weight is 389 g/mol. The Morgan fingerprint density at radius 2 is 1.62 bits per heavy atom. The summed E-state index contributed by atoms with van der Waals surface area (Å²) in [6, 6.07) is 18.4. The fraction of sp³-hybridized carbons (Fsp3) is 0.211. The minimum atomic E-state index is -3.77. The van der Waals surface area contributed by atoms with E-state index in [1.807, 2.05) is 55.5 Å². The molecule has 0 saturated heterocycles. The van der Waals surface area contributed by atoms with Crippen LogP contribution in [0.3, 0.4) is 0 Å². The van der Waals surface area contributed by atoms with Gasteiger partial charge in [-0.1, -0.05) is 55.5 Å². The van der Waals surface area contributed by atoms with Gasteiger partial charge in [-0.05, 0) is 17.9 Å². The van der Waals surface area contributed by atoms with Gasteiger partial charge < -0.3 is 4.42 Å². The summed E-state index contributed by atoms with van der Waals surface area (Å²) in [5, 5.41) is -0.0796. The van der Waals surface area contributed by atoms with Gasteiger partial charge in [0.1, 0.15) is 0 Å². The summed E-state index contributed by atoms with van der Waals surface area (Å²) in [5.41, 5.74) is 1.40. The maximum atomic E-state index is 12.8. The topological polar surface area (TPSA) is 72.2 Å². The number of nitrogens with zero attached hydrogens (tertiary/aromatic N) is 1. The Kier molecular flexibility index (Phi) is 6.13. The smallest absolute Gasteiger partial charge is 0.262 e. The first-order chi connectivity index (χ1) is 12.6. The van der Waals surface area contributed by atoms with Crippen LogP contribution >= 0.6 is 11.8 Å². The van der Waals surface area contributed by atoms with Crippen molar-refractivity contribution in [2.45, 2.75) is 11.9 Å². The first-order valence-electron chi connectivity index (χ1n) is 8.31. The van der Waals surface area contributed by atoms with Crippen molar-refractivity contribution in [3.8, 4) is 22.8 Å². The molecule has 0 aliphatic heterocycles. The molecule has 5 nitrogen and oxygen atoms in total. The maximum Gasteiger partial charge on any atom is 0.262 e. The second-order valence-corrected chi connectivity index (χ2v) is 8.56. The number of oxazole rings is 1. The minimum Gasteiger partial charge on any atom is -0.435 e. The van der Waals surface area contributed by atoms with Crippen molar-refractivity contribution in [1.29, 1.82) is 0 Å². The molecule has 1 aromatic heterocycles. The Balaban J connectivity index is 2.01. The van der Waals surface area contributed by atoms with Gasteiger partial charge >= 0.3 is 0 Å². The molecule has 3 aromatic rings. The highest BCUT2D eigenvalue weighted by atomic mass is 32.2. The number of benzene rings is 2. The molecule has 0 spiro atoms. The third-order valence-corrected chi connectivity index (χ3v) is 5.92. The van der Waals surface area contributed by atoms with Gasteiger partial charge in [-0.25, -0.2) is 13.1 Å². The normalized spacial score (nSPS) is 11.6. The first kappa shape index (κ1) is 18.7. The molecule has 0 amide bonds. The van der Waals surface area contributed by atoms with Gasteiger partial charge in [-0.15, -0.1) is 0 Å². The van der Waals surface area contributed by atoms with E-state index in [0.717, 1.165) is 11.3 Å². The van der Waals surface area contributed by atoms with Crippen LogP contribution in [0.2, 0.25) is 0 Å². The monoisotopic (exact) mass is 388 g/mol. The van der Waals surface area contributed by atoms with E-state index in [1.54, 1.807) is 23.9 Å². The SMILES string of the molecule is CCSCCNS(=O)(=O)c1nc(-c2ccccc2)oc1-c1ccccc1. The van der Waals surface area contributed by atoms with E-state index in [0.29, 0.717) is 17.9 Å². The van der Waals surface area contributed by atoms with Gasteiger partial charge in [0.2, 0.25) is 10.9 Å². The molecule has 136 valence electrons. The van der Waals surface area contributed by atoms with Gasteiger partial charge in [0.05, 0.1) is 0 Å². The van der Waals surface area contributed by atoms with Crippen LogP contribution in [-0.4, -0.2) is 31.5 Å². The molecule has 0 radical (unpaired) electrons. The Hall–Kier alpha value is -2.09. The van der Waals surface area contributed by atoms with Gasteiger partial charge in [0.25, 0.3) is 10.0 Å². The van der Waals surface area contributed by atoms with Crippen molar-refractivity contribution in [3.05, 3.63) is 60.7 Å². The highest BCUT2D eigenvalue weighted by Crippen LogP contribution is 2.32. The summed E-state index contributed by atoms with van der Waals surface area (Å²) in [7, 11) is -3.77. The number of sulfonamides is 1. The fourth-order valence-electron chi connectivity index (χ4n) is 2.43. The predicted octanol–water partition coefficient (Wildman–Crippen LogP) is 4.04. The van der Waals surface area contributed by atoms with Gasteiger partial charge in [0, 0.05) is 23.4 Å². The van der Waals surface area contributed by atoms with E-state index in [-0.39, 0.29) is 16.7 Å². The van der Waals surface area contributed by atoms with Gasteiger partial charge in [0.15, 0.2) is 5.76 Å². The predicted molar refractivity (Wildman–Crippen MR) is 106 cm³/mol. The van der Waals surface area contributed by atoms with Gasteiger partial charge in [-0.3, -0.25) is 0 Å². The number of rotatable bonds is 8. The molecule has 0 fully saturated rings. The molecule has 0 aliphatic rings. The number of hydrogen-bond donors (Lipinski definition) is 1. The van der Waals surface area contributed by atoms with Crippen LogP contribution in [0.15, 0.2) is 70.1 Å². The molecule has 0 saturated carbocycles. The van der Waals surface area contributed by atoms with E-state index >= 15 is 0 Å². The van der Waals surface area contributed by atoms with Crippen LogP contribution in [0.5, 0.6) is 0 Å². The second-order valence-electron chi connectivity index (χ2n) is 5.48. The quantitative estimate of drug-likeness (QED) is 0.590. The third kappa shape index (κ3) is 4.35. The van der Waals surface area contributed by atoms with Crippen molar-refractivity contribution in [2.24, 2.45) is 0 Å². The summed E-state index contributed by atoms with van der Waals surface area (Å²) in [4.78, 5) is 4.30. The average Bonchev–Trinajstić information content (AvgIpc) is 3.13. The number of nitrogens with one attached hydrogen (secondary N) is 1. The zero-order valence-electron chi connectivity index (χ0n) is 14.4. The number of hydrogen-bond acceptors (Lipinski definition) is 5. The van der Waals surface area contributed by atoms with Crippen LogP contribution in [0, 0.1) is 0 Å². The lowest BCUT2D eigenvalue weighted by molar-refractivity contribution is 0.573. The van der Waals surface area contributed by atoms with E-state index in [4.69, 9.17) is 4.42 Å². The van der Waals surface area contributed by atoms with Crippen LogP contribution in [0.1, 0.15) is 6.92 Å². The Labute approximate surface area is 157 Å². The van der Waals surface area contributed by atoms with Crippen LogP contribution in [0.4, 0.5) is 0 Å². The van der Waals surface area contributed by atoms with Crippen molar-refractivity contribution in [3.63, 3.8) is 0 Å². The molecule has 0 bridgehead atoms. The molecular weight excluding hydrogens is 368 g/mol. The van der Waals surface area contributed by atoms with Crippen molar-refractivity contribution in [2.75, 3.05) is 18.1 Å². The van der Waals surface area contributed by atoms with Crippen molar-refractivity contribution < 1.29 is 12.8 Å². The Morgan fingerprint density at radius 3 is 2.23 bits per heavy atom. The molecule has 26 heavy (non-hydrogen) atoms. The molecule has 0 unspecified atom stereocenters. The van der Waals surface area contributed by atoms with Crippen molar-refractivity contribution in [1.82, 2.24) is 9.71 Å². The number of aromatic nitrogens is 1. The minimum absolute atomic E-state index is 0.0796. The van der Waals surface area contributed by atoms with E-state index in [2.05, 4.69) is 9.71 Å². The summed E-state index contributed by atoms with van der Waals surface area (Å²) in [5.74, 6) is 2.19. The van der Waals surface area contributed by atoms with Crippen LogP contribution < -0.4 is 4.72 Å². The highest BCUT2D eigenvalue weighted by Gasteiger charge is 2.27. The lowest BCUT2D eigenvalue weighted by Crippen LogP contribution is -2.26. The van der Waals surface area contributed by atoms with Crippen molar-refractivity contribution >= 4 is 21.8 Å². The van der Waals surface area contributed by atoms with E-state index in [1.165, 1.54) is 0 Å². The van der Waals surface area contributed by atoms with Gasteiger partial charge in [-0.2, -0.15) is 16.7 Å². The maximum absolute atomic E-state index is 12.8. The molecule has 1 heterocycles. The lowest BCUT2D eigenvalue weighted by Gasteiger charge is -2.05. The molecule has 7 heteroatoms. The summed E-state index contributed by atoms with van der Waals surface area (Å²) in [6.45, 7) is 2.39. The number of thioether (sulfide) groups is 1. The summed E-state index contributed by atoms with van der Waals surface area (Å²) >= 11 is 1.68. The van der Waals surface area contributed by atoms with Crippen LogP contribution in [-0.2, 0) is 10.0 Å². The highest BCUT2D eigenvalue weighted by molar-refractivity contribution is 7.99. The van der Waals surface area contributed by atoms with E-state index < -0.39 is 10.0 Å². The molecule has 1 N–H and O–H groups in total. The van der Waals surface area contributed by atoms with E-state index in [9.17, 15) is 8.42 Å². The zero-order chi connectivity index (χ0) is 18.4. The fourth-order valence-corrected chi connectivity index (χ4v) is 4.20. The Bertz CT molecular complexity index is 939. The lowest BCUT2D eigenvalue weighted by atomic mass is 10.2. The third-order valence-electron chi connectivity index (χ3n) is 3.65. The Morgan fingerprint density at radius 1 is 1.00 bits per heavy atom. The molecule has 0 atom stereocenters.